The molecule has 0 atom stereocenters. The van der Waals surface area contributed by atoms with Crippen LogP contribution >= 0.6 is 0 Å². The van der Waals surface area contributed by atoms with Gasteiger partial charge >= 0.3 is 5.97 Å². The summed E-state index contributed by atoms with van der Waals surface area (Å²) in [6.07, 6.45) is 0.298. The number of nitrogens with zero attached hydrogens (tertiary/aromatic N) is 3. The minimum Gasteiger partial charge on any atom is -0.477 e. The normalized spacial score (nSPS) is 10.2. The highest BCUT2D eigenvalue weighted by Crippen LogP contribution is 2.26. The van der Waals surface area contributed by atoms with Crippen LogP contribution < -0.4 is 4.90 Å². The molecular weight excluding hydrogens is 274 g/mol. The van der Waals surface area contributed by atoms with Gasteiger partial charge in [-0.3, -0.25) is 10.1 Å². The summed E-state index contributed by atoms with van der Waals surface area (Å²) in [7, 11) is 0. The third kappa shape index (κ3) is 4.45. The molecule has 112 valence electrons. The topological polar surface area (TPSA) is 107 Å². The van der Waals surface area contributed by atoms with Crippen molar-refractivity contribution < 1.29 is 14.8 Å². The highest BCUT2D eigenvalue weighted by atomic mass is 16.6. The molecule has 1 aromatic rings. The van der Waals surface area contributed by atoms with Crippen molar-refractivity contribution in [3.05, 3.63) is 33.9 Å². The van der Waals surface area contributed by atoms with Gasteiger partial charge in [-0.25, -0.2) is 4.79 Å². The number of nitro benzene ring substituents is 1. The van der Waals surface area contributed by atoms with E-state index in [1.54, 1.807) is 0 Å². The lowest BCUT2D eigenvalue weighted by Gasteiger charge is -2.26. The lowest BCUT2D eigenvalue weighted by molar-refractivity contribution is -0.385. The molecule has 0 heterocycles. The number of anilines is 1. The molecule has 0 saturated carbocycles. The summed E-state index contributed by atoms with van der Waals surface area (Å²) in [5.74, 6) is -1.03. The summed E-state index contributed by atoms with van der Waals surface area (Å²) in [6.45, 7) is 5.09. The number of aromatic carboxylic acids is 1. The van der Waals surface area contributed by atoms with Crippen molar-refractivity contribution in [2.24, 2.45) is 5.92 Å². The molecule has 0 aliphatic heterocycles. The number of nitriles is 1. The Hall–Kier alpha value is -2.62. The van der Waals surface area contributed by atoms with Crippen LogP contribution in [0.5, 0.6) is 0 Å². The fourth-order valence-corrected chi connectivity index (χ4v) is 2.00. The molecule has 0 bridgehead atoms. The minimum absolute atomic E-state index is 0.298. The first-order valence-corrected chi connectivity index (χ1v) is 6.50. The van der Waals surface area contributed by atoms with Crippen LogP contribution in [0.3, 0.4) is 0 Å². The zero-order valence-corrected chi connectivity index (χ0v) is 11.9. The number of carbonyl (C=O) groups is 1. The van der Waals surface area contributed by atoms with Crippen LogP contribution in [0.4, 0.5) is 11.4 Å². The maximum Gasteiger partial charge on any atom is 0.342 e. The molecule has 0 saturated heterocycles. The first-order valence-electron chi connectivity index (χ1n) is 6.50. The molecule has 0 aliphatic carbocycles. The smallest absolute Gasteiger partial charge is 0.342 e. The average Bonchev–Trinajstić information content (AvgIpc) is 2.42. The summed E-state index contributed by atoms with van der Waals surface area (Å²) in [5, 5.41) is 28.6. The Morgan fingerprint density at radius 3 is 2.67 bits per heavy atom. The zero-order valence-electron chi connectivity index (χ0n) is 11.9. The van der Waals surface area contributed by atoms with Crippen molar-refractivity contribution in [3.8, 4) is 6.07 Å². The molecule has 0 fully saturated rings. The molecule has 1 rings (SSSR count). The molecule has 0 aliphatic rings. The molecule has 21 heavy (non-hydrogen) atoms. The van der Waals surface area contributed by atoms with Gasteiger partial charge in [0.2, 0.25) is 0 Å². The van der Waals surface area contributed by atoms with E-state index in [-0.39, 0.29) is 5.56 Å². The molecule has 1 N–H and O–H groups in total. The van der Waals surface area contributed by atoms with Crippen molar-refractivity contribution in [3.63, 3.8) is 0 Å². The van der Waals surface area contributed by atoms with E-state index in [0.717, 1.165) is 0 Å². The van der Waals surface area contributed by atoms with Crippen molar-refractivity contribution in [1.82, 2.24) is 0 Å². The molecule has 0 radical (unpaired) electrons. The molecule has 0 spiro atoms. The van der Waals surface area contributed by atoms with E-state index in [2.05, 4.69) is 0 Å². The number of rotatable bonds is 7. The van der Waals surface area contributed by atoms with Crippen LogP contribution in [-0.4, -0.2) is 29.1 Å². The van der Waals surface area contributed by atoms with Crippen LogP contribution in [0.15, 0.2) is 18.2 Å². The minimum atomic E-state index is -1.34. The van der Waals surface area contributed by atoms with Gasteiger partial charge in [-0.05, 0) is 18.1 Å². The highest BCUT2D eigenvalue weighted by molar-refractivity contribution is 5.93. The van der Waals surface area contributed by atoms with Gasteiger partial charge in [0.05, 0.1) is 17.4 Å². The molecule has 0 amide bonds. The van der Waals surface area contributed by atoms with Crippen molar-refractivity contribution in [1.29, 1.82) is 5.26 Å². The standard InChI is InChI=1S/C14H17N3O4/c1-10(2)9-16(7-3-6-15)11-4-5-13(17(20)21)12(8-11)14(18)19/h4-5,8,10H,3,7,9H2,1-2H3,(H,18,19). The molecule has 0 aromatic heterocycles. The molecule has 7 heteroatoms. The first-order chi connectivity index (χ1) is 9.86. The number of nitro groups is 1. The van der Waals surface area contributed by atoms with Gasteiger partial charge in [-0.2, -0.15) is 5.26 Å². The van der Waals surface area contributed by atoms with Gasteiger partial charge in [0.15, 0.2) is 0 Å². The SMILES string of the molecule is CC(C)CN(CCC#N)c1ccc([N+](=O)[O-])c(C(=O)O)c1. The summed E-state index contributed by atoms with van der Waals surface area (Å²) in [5.41, 5.74) is -0.207. The molecule has 0 unspecified atom stereocenters. The summed E-state index contributed by atoms with van der Waals surface area (Å²) in [6, 6.07) is 6.04. The predicted molar refractivity (Wildman–Crippen MR) is 77.3 cm³/mol. The zero-order chi connectivity index (χ0) is 16.0. The van der Waals surface area contributed by atoms with E-state index in [1.165, 1.54) is 18.2 Å². The fourth-order valence-electron chi connectivity index (χ4n) is 2.00. The first kappa shape index (κ1) is 16.4. The van der Waals surface area contributed by atoms with E-state index in [4.69, 9.17) is 10.4 Å². The van der Waals surface area contributed by atoms with Crippen molar-refractivity contribution >= 4 is 17.3 Å². The van der Waals surface area contributed by atoms with Gasteiger partial charge in [-0.1, -0.05) is 13.8 Å². The third-order valence-electron chi connectivity index (χ3n) is 2.85. The van der Waals surface area contributed by atoms with Gasteiger partial charge in [0.25, 0.3) is 5.69 Å². The summed E-state index contributed by atoms with van der Waals surface area (Å²) < 4.78 is 0. The van der Waals surface area contributed by atoms with Crippen LogP contribution in [-0.2, 0) is 0 Å². The Morgan fingerprint density at radius 1 is 1.52 bits per heavy atom. The summed E-state index contributed by atoms with van der Waals surface area (Å²) >= 11 is 0. The quantitative estimate of drug-likeness (QED) is 0.611. The second kappa shape index (κ2) is 7.24. The molecule has 7 nitrogen and oxygen atoms in total. The maximum absolute atomic E-state index is 11.2. The molecular formula is C14H17N3O4. The summed E-state index contributed by atoms with van der Waals surface area (Å²) in [4.78, 5) is 23.2. The second-order valence-electron chi connectivity index (χ2n) is 5.01. The largest absolute Gasteiger partial charge is 0.477 e. The number of carboxylic acids is 1. The van der Waals surface area contributed by atoms with Crippen LogP contribution in [0.25, 0.3) is 0 Å². The van der Waals surface area contributed by atoms with Crippen molar-refractivity contribution in [2.45, 2.75) is 20.3 Å². The lowest BCUT2D eigenvalue weighted by atomic mass is 10.1. The van der Waals surface area contributed by atoms with Crippen molar-refractivity contribution in [2.75, 3.05) is 18.0 Å². The van der Waals surface area contributed by atoms with Gasteiger partial charge in [0, 0.05) is 24.8 Å². The van der Waals surface area contributed by atoms with E-state index in [0.29, 0.717) is 31.1 Å². The average molecular weight is 291 g/mol. The number of benzene rings is 1. The number of hydrogen-bond donors (Lipinski definition) is 1. The van der Waals surface area contributed by atoms with Crippen LogP contribution in [0.2, 0.25) is 0 Å². The highest BCUT2D eigenvalue weighted by Gasteiger charge is 2.21. The Balaban J connectivity index is 3.20. The van der Waals surface area contributed by atoms with E-state index in [1.807, 2.05) is 24.8 Å². The van der Waals surface area contributed by atoms with Crippen LogP contribution in [0, 0.1) is 27.4 Å². The Morgan fingerprint density at radius 2 is 2.19 bits per heavy atom. The number of carboxylic acid groups (broad SMARTS) is 1. The second-order valence-corrected chi connectivity index (χ2v) is 5.01. The van der Waals surface area contributed by atoms with Gasteiger partial charge in [0.1, 0.15) is 5.56 Å². The van der Waals surface area contributed by atoms with Gasteiger partial charge < -0.3 is 10.0 Å². The maximum atomic E-state index is 11.2. The van der Waals surface area contributed by atoms with Gasteiger partial charge in [-0.15, -0.1) is 0 Å². The predicted octanol–water partition coefficient (Wildman–Crippen LogP) is 2.67. The monoisotopic (exact) mass is 291 g/mol. The molecule has 1 aromatic carbocycles. The van der Waals surface area contributed by atoms with E-state index >= 15 is 0 Å². The Labute approximate surface area is 122 Å². The van der Waals surface area contributed by atoms with E-state index in [9.17, 15) is 14.9 Å². The van der Waals surface area contributed by atoms with E-state index < -0.39 is 16.6 Å². The Bertz CT molecular complexity index is 578. The fraction of sp³-hybridized carbons (Fsp3) is 0.429. The Kier molecular flexibility index (Phi) is 5.67. The lowest BCUT2D eigenvalue weighted by Crippen LogP contribution is -2.28. The van der Waals surface area contributed by atoms with Crippen LogP contribution in [0.1, 0.15) is 30.6 Å². The number of hydrogen-bond acceptors (Lipinski definition) is 5. The third-order valence-corrected chi connectivity index (χ3v) is 2.85.